The molecule has 1 fully saturated rings. The van der Waals surface area contributed by atoms with E-state index in [1.54, 1.807) is 0 Å². The number of amides is 1. The zero-order valence-electron chi connectivity index (χ0n) is 15.5. The number of benzene rings is 1. The molecule has 4 N–H and O–H groups in total. The highest BCUT2D eigenvalue weighted by Gasteiger charge is 2.38. The first-order valence-electron chi connectivity index (χ1n) is 9.34. The minimum Gasteiger partial charge on any atom is -0.475 e. The van der Waals surface area contributed by atoms with E-state index in [4.69, 9.17) is 15.6 Å². The number of allylic oxidation sites excluding steroid dienone is 2. The number of halogens is 3. The predicted molar refractivity (Wildman–Crippen MR) is 99.9 cm³/mol. The second kappa shape index (κ2) is 9.73. The van der Waals surface area contributed by atoms with E-state index >= 15 is 0 Å². The van der Waals surface area contributed by atoms with Gasteiger partial charge in [-0.1, -0.05) is 18.2 Å². The van der Waals surface area contributed by atoms with Crippen LogP contribution in [0.4, 0.5) is 13.2 Å². The Morgan fingerprint density at radius 3 is 2.29 bits per heavy atom. The van der Waals surface area contributed by atoms with Gasteiger partial charge in [0.05, 0.1) is 0 Å². The third-order valence-electron chi connectivity index (χ3n) is 5.00. The van der Waals surface area contributed by atoms with Gasteiger partial charge < -0.3 is 16.2 Å². The number of alkyl halides is 3. The molecule has 1 aliphatic carbocycles. The van der Waals surface area contributed by atoms with Crippen LogP contribution < -0.4 is 11.1 Å². The maximum Gasteiger partial charge on any atom is 0.490 e. The summed E-state index contributed by atoms with van der Waals surface area (Å²) < 4.78 is 31.7. The summed E-state index contributed by atoms with van der Waals surface area (Å²) in [5, 5.41) is 10.5. The Balaban J connectivity index is 0.000000345. The maximum atomic E-state index is 11.7. The molecular weight excluding hydrogens is 373 g/mol. The van der Waals surface area contributed by atoms with E-state index in [2.05, 4.69) is 23.5 Å². The molecule has 8 heteroatoms. The average molecular weight is 398 g/mol. The van der Waals surface area contributed by atoms with E-state index in [0.717, 1.165) is 31.5 Å². The van der Waals surface area contributed by atoms with Gasteiger partial charge in [0.15, 0.2) is 0 Å². The standard InChI is InChI=1S/C18H24N2O.C2HF3O2/c19-18(21)16-7-6-15(13-8-10-20-11-9-13)12-17(16)14-4-2-1-3-5-14;3-2(4,5)1(6)7/h4,6-7,12-13,20H,1-3,5,8-11H2,(H2,19,21);(H,6,7). The molecule has 28 heavy (non-hydrogen) atoms. The number of carbonyl (C=O) groups excluding carboxylic acids is 1. The zero-order valence-corrected chi connectivity index (χ0v) is 15.5. The van der Waals surface area contributed by atoms with E-state index in [1.165, 1.54) is 36.8 Å². The summed E-state index contributed by atoms with van der Waals surface area (Å²) in [5.41, 5.74) is 10.0. The van der Waals surface area contributed by atoms with Crippen molar-refractivity contribution in [3.63, 3.8) is 0 Å². The van der Waals surface area contributed by atoms with Gasteiger partial charge in [0, 0.05) is 5.56 Å². The van der Waals surface area contributed by atoms with Crippen LogP contribution in [0.5, 0.6) is 0 Å². The molecule has 1 aliphatic heterocycles. The highest BCUT2D eigenvalue weighted by molar-refractivity contribution is 5.98. The summed E-state index contributed by atoms with van der Waals surface area (Å²) in [7, 11) is 0. The SMILES string of the molecule is NC(=O)c1ccc(C2CCNCC2)cc1C1=CCCCC1.O=C(O)C(F)(F)F. The van der Waals surface area contributed by atoms with E-state index < -0.39 is 12.1 Å². The van der Waals surface area contributed by atoms with Gasteiger partial charge in [0.25, 0.3) is 0 Å². The number of nitrogens with one attached hydrogen (secondary N) is 1. The molecule has 0 unspecified atom stereocenters. The average Bonchev–Trinajstić information content (AvgIpc) is 2.68. The third kappa shape index (κ3) is 6.09. The highest BCUT2D eigenvalue weighted by Crippen LogP contribution is 2.33. The molecule has 1 saturated heterocycles. The molecule has 1 heterocycles. The Bertz CT molecular complexity index is 739. The summed E-state index contributed by atoms with van der Waals surface area (Å²) in [5.74, 6) is -2.46. The summed E-state index contributed by atoms with van der Waals surface area (Å²) in [6.45, 7) is 2.17. The number of hydrogen-bond donors (Lipinski definition) is 3. The second-order valence-electron chi connectivity index (χ2n) is 6.97. The fraction of sp³-hybridized carbons (Fsp3) is 0.500. The van der Waals surface area contributed by atoms with Crippen LogP contribution in [-0.4, -0.2) is 36.2 Å². The van der Waals surface area contributed by atoms with E-state index in [9.17, 15) is 18.0 Å². The van der Waals surface area contributed by atoms with Crippen LogP contribution in [0.3, 0.4) is 0 Å². The van der Waals surface area contributed by atoms with Crippen molar-refractivity contribution in [3.05, 3.63) is 41.0 Å². The molecule has 1 aromatic carbocycles. The Morgan fingerprint density at radius 2 is 1.79 bits per heavy atom. The molecule has 1 aromatic rings. The maximum absolute atomic E-state index is 11.7. The Labute approximate surface area is 161 Å². The minimum atomic E-state index is -5.08. The van der Waals surface area contributed by atoms with Gasteiger partial charge in [-0.3, -0.25) is 4.79 Å². The van der Waals surface area contributed by atoms with E-state index in [0.29, 0.717) is 11.5 Å². The quantitative estimate of drug-likeness (QED) is 0.721. The third-order valence-corrected chi connectivity index (χ3v) is 5.00. The number of nitrogens with two attached hydrogens (primary N) is 1. The van der Waals surface area contributed by atoms with Crippen LogP contribution in [0.1, 0.15) is 65.9 Å². The van der Waals surface area contributed by atoms with Crippen molar-refractivity contribution in [2.24, 2.45) is 5.73 Å². The molecule has 5 nitrogen and oxygen atoms in total. The Kier molecular flexibility index (Phi) is 7.62. The molecule has 0 atom stereocenters. The molecule has 0 aromatic heterocycles. The normalized spacial score (nSPS) is 17.9. The largest absolute Gasteiger partial charge is 0.490 e. The lowest BCUT2D eigenvalue weighted by Gasteiger charge is -2.24. The molecule has 0 spiro atoms. The molecular formula is C20H25F3N2O3. The fourth-order valence-corrected chi connectivity index (χ4v) is 3.53. The number of rotatable bonds is 3. The lowest BCUT2D eigenvalue weighted by Crippen LogP contribution is -2.26. The molecule has 0 bridgehead atoms. The van der Waals surface area contributed by atoms with Gasteiger partial charge in [0.2, 0.25) is 5.91 Å². The highest BCUT2D eigenvalue weighted by atomic mass is 19.4. The van der Waals surface area contributed by atoms with Crippen molar-refractivity contribution >= 4 is 17.4 Å². The number of carboxylic acid groups (broad SMARTS) is 1. The first kappa shape index (κ1) is 21.9. The number of carbonyl (C=O) groups is 2. The van der Waals surface area contributed by atoms with Crippen LogP contribution >= 0.6 is 0 Å². The second-order valence-corrected chi connectivity index (χ2v) is 6.97. The first-order valence-corrected chi connectivity index (χ1v) is 9.34. The molecule has 1 amide bonds. The lowest BCUT2D eigenvalue weighted by molar-refractivity contribution is -0.192. The monoisotopic (exact) mass is 398 g/mol. The topological polar surface area (TPSA) is 92.4 Å². The van der Waals surface area contributed by atoms with Crippen LogP contribution in [0.25, 0.3) is 5.57 Å². The van der Waals surface area contributed by atoms with Crippen LogP contribution in [0.2, 0.25) is 0 Å². The number of aliphatic carboxylic acids is 1. The van der Waals surface area contributed by atoms with Gasteiger partial charge in [-0.15, -0.1) is 0 Å². The van der Waals surface area contributed by atoms with Gasteiger partial charge >= 0.3 is 12.1 Å². The lowest BCUT2D eigenvalue weighted by atomic mass is 9.84. The van der Waals surface area contributed by atoms with Crippen molar-refractivity contribution in [2.45, 2.75) is 50.6 Å². The summed E-state index contributed by atoms with van der Waals surface area (Å²) >= 11 is 0. The summed E-state index contributed by atoms with van der Waals surface area (Å²) in [6.07, 6.45) is 4.20. The van der Waals surface area contributed by atoms with Crippen molar-refractivity contribution in [1.29, 1.82) is 0 Å². The van der Waals surface area contributed by atoms with Crippen molar-refractivity contribution < 1.29 is 27.9 Å². The molecule has 0 saturated carbocycles. The van der Waals surface area contributed by atoms with Gasteiger partial charge in [-0.2, -0.15) is 13.2 Å². The van der Waals surface area contributed by atoms with Gasteiger partial charge in [-0.05, 0) is 80.3 Å². The van der Waals surface area contributed by atoms with Gasteiger partial charge in [-0.25, -0.2) is 4.79 Å². The number of piperidine rings is 1. The predicted octanol–water partition coefficient (Wildman–Crippen LogP) is 3.84. The Hall–Kier alpha value is -2.35. The fourth-order valence-electron chi connectivity index (χ4n) is 3.53. The van der Waals surface area contributed by atoms with Crippen molar-refractivity contribution in [1.82, 2.24) is 5.32 Å². The molecule has 2 aliphatic rings. The number of primary amides is 1. The zero-order chi connectivity index (χ0) is 20.7. The van der Waals surface area contributed by atoms with E-state index in [-0.39, 0.29) is 5.91 Å². The van der Waals surface area contributed by atoms with Crippen molar-refractivity contribution in [3.8, 4) is 0 Å². The van der Waals surface area contributed by atoms with E-state index in [1.807, 2.05) is 6.07 Å². The first-order chi connectivity index (χ1) is 13.2. The van der Waals surface area contributed by atoms with Crippen LogP contribution in [0, 0.1) is 0 Å². The van der Waals surface area contributed by atoms with Gasteiger partial charge in [0.1, 0.15) is 0 Å². The molecule has 154 valence electrons. The summed E-state index contributed by atoms with van der Waals surface area (Å²) in [4.78, 5) is 20.6. The molecule has 3 rings (SSSR count). The number of hydrogen-bond acceptors (Lipinski definition) is 3. The van der Waals surface area contributed by atoms with Crippen LogP contribution in [0.15, 0.2) is 24.3 Å². The molecule has 0 radical (unpaired) electrons. The number of carboxylic acids is 1. The Morgan fingerprint density at radius 1 is 1.14 bits per heavy atom. The minimum absolute atomic E-state index is 0.312. The summed E-state index contributed by atoms with van der Waals surface area (Å²) in [6, 6.07) is 6.26. The smallest absolute Gasteiger partial charge is 0.475 e. The van der Waals surface area contributed by atoms with Crippen LogP contribution in [-0.2, 0) is 4.79 Å². The van der Waals surface area contributed by atoms with Crippen molar-refractivity contribution in [2.75, 3.05) is 13.1 Å².